The number of hydrogen-bond donors (Lipinski definition) is 3. The van der Waals surface area contributed by atoms with E-state index in [9.17, 15) is 5.11 Å². The SMILES string of the molecule is NCCc1cc(N)nn1-c1ccc(O)cc1. The Hall–Kier alpha value is -2.01. The summed E-state index contributed by atoms with van der Waals surface area (Å²) in [7, 11) is 0. The third-order valence-electron chi connectivity index (χ3n) is 2.30. The summed E-state index contributed by atoms with van der Waals surface area (Å²) in [6.07, 6.45) is 0.713. The molecule has 5 heteroatoms. The molecule has 0 aliphatic carbocycles. The highest BCUT2D eigenvalue weighted by molar-refractivity contribution is 5.41. The molecule has 0 saturated carbocycles. The van der Waals surface area contributed by atoms with Gasteiger partial charge in [-0.15, -0.1) is 0 Å². The summed E-state index contributed by atoms with van der Waals surface area (Å²) in [5, 5.41) is 13.4. The van der Waals surface area contributed by atoms with Gasteiger partial charge in [-0.1, -0.05) is 0 Å². The minimum atomic E-state index is 0.226. The summed E-state index contributed by atoms with van der Waals surface area (Å²) >= 11 is 0. The Balaban J connectivity index is 2.42. The lowest BCUT2D eigenvalue weighted by molar-refractivity contribution is 0.475. The largest absolute Gasteiger partial charge is 0.508 e. The van der Waals surface area contributed by atoms with E-state index in [1.165, 1.54) is 0 Å². The van der Waals surface area contributed by atoms with Crippen LogP contribution in [-0.2, 0) is 6.42 Å². The van der Waals surface area contributed by atoms with Crippen molar-refractivity contribution in [3.63, 3.8) is 0 Å². The van der Waals surface area contributed by atoms with Crippen LogP contribution >= 0.6 is 0 Å². The average Bonchev–Trinajstić information content (AvgIpc) is 2.61. The Labute approximate surface area is 93.3 Å². The summed E-state index contributed by atoms with van der Waals surface area (Å²) in [5.74, 6) is 0.695. The van der Waals surface area contributed by atoms with E-state index in [1.807, 2.05) is 0 Å². The van der Waals surface area contributed by atoms with Crippen LogP contribution < -0.4 is 11.5 Å². The summed E-state index contributed by atoms with van der Waals surface area (Å²) in [6.45, 7) is 0.545. The first-order valence-electron chi connectivity index (χ1n) is 5.04. The number of rotatable bonds is 3. The standard InChI is InChI=1S/C11H14N4O/c12-6-5-9-7-11(13)14-15(9)8-1-3-10(16)4-2-8/h1-4,7,16H,5-6,12H2,(H2,13,14). The topological polar surface area (TPSA) is 90.1 Å². The first-order chi connectivity index (χ1) is 7.70. The number of nitrogens with two attached hydrogens (primary N) is 2. The second kappa shape index (κ2) is 4.24. The summed E-state index contributed by atoms with van der Waals surface area (Å²) in [5.41, 5.74) is 13.0. The second-order valence-electron chi connectivity index (χ2n) is 3.53. The van der Waals surface area contributed by atoms with Gasteiger partial charge in [0.2, 0.25) is 0 Å². The van der Waals surface area contributed by atoms with Crippen LogP contribution in [0.5, 0.6) is 5.75 Å². The normalized spacial score (nSPS) is 10.6. The van der Waals surface area contributed by atoms with Gasteiger partial charge in [0, 0.05) is 18.2 Å². The summed E-state index contributed by atoms with van der Waals surface area (Å²) in [4.78, 5) is 0. The van der Waals surface area contributed by atoms with Crippen LogP contribution in [-0.4, -0.2) is 21.4 Å². The molecule has 0 saturated heterocycles. The van der Waals surface area contributed by atoms with Gasteiger partial charge in [-0.3, -0.25) is 0 Å². The summed E-state index contributed by atoms with van der Waals surface area (Å²) < 4.78 is 1.74. The molecule has 1 heterocycles. The van der Waals surface area contributed by atoms with Gasteiger partial charge in [-0.2, -0.15) is 5.10 Å². The Morgan fingerprint density at radius 3 is 2.56 bits per heavy atom. The molecule has 5 nitrogen and oxygen atoms in total. The van der Waals surface area contributed by atoms with E-state index in [0.717, 1.165) is 11.4 Å². The first-order valence-corrected chi connectivity index (χ1v) is 5.04. The van der Waals surface area contributed by atoms with Gasteiger partial charge in [0.05, 0.1) is 5.69 Å². The number of aromatic hydroxyl groups is 1. The van der Waals surface area contributed by atoms with Crippen LogP contribution in [0.1, 0.15) is 5.69 Å². The van der Waals surface area contributed by atoms with E-state index in [2.05, 4.69) is 5.10 Å². The van der Waals surface area contributed by atoms with Crippen LogP contribution in [0.2, 0.25) is 0 Å². The van der Waals surface area contributed by atoms with E-state index in [4.69, 9.17) is 11.5 Å². The minimum Gasteiger partial charge on any atom is -0.508 e. The molecular weight excluding hydrogens is 204 g/mol. The Bertz CT molecular complexity index is 475. The number of phenolic OH excluding ortho intramolecular Hbond substituents is 1. The molecule has 0 radical (unpaired) electrons. The number of aromatic nitrogens is 2. The third-order valence-corrected chi connectivity index (χ3v) is 2.30. The number of phenols is 1. The highest BCUT2D eigenvalue weighted by Crippen LogP contribution is 2.17. The van der Waals surface area contributed by atoms with E-state index >= 15 is 0 Å². The van der Waals surface area contributed by atoms with Gasteiger partial charge in [0.1, 0.15) is 11.6 Å². The first kappa shape index (κ1) is 10.5. The molecule has 0 bridgehead atoms. The van der Waals surface area contributed by atoms with E-state index < -0.39 is 0 Å². The predicted octanol–water partition coefficient (Wildman–Crippen LogP) is 0.661. The molecule has 0 aliphatic rings. The molecule has 84 valence electrons. The van der Waals surface area contributed by atoms with Crippen molar-refractivity contribution in [1.82, 2.24) is 9.78 Å². The van der Waals surface area contributed by atoms with Crippen LogP contribution in [0.4, 0.5) is 5.82 Å². The van der Waals surface area contributed by atoms with Crippen molar-refractivity contribution < 1.29 is 5.11 Å². The van der Waals surface area contributed by atoms with Crippen molar-refractivity contribution in [2.24, 2.45) is 5.73 Å². The van der Waals surface area contributed by atoms with Crippen molar-refractivity contribution in [3.8, 4) is 11.4 Å². The number of hydrogen-bond acceptors (Lipinski definition) is 4. The zero-order chi connectivity index (χ0) is 11.5. The predicted molar refractivity (Wildman–Crippen MR) is 62.4 cm³/mol. The zero-order valence-electron chi connectivity index (χ0n) is 8.80. The maximum Gasteiger partial charge on any atom is 0.146 e. The highest BCUT2D eigenvalue weighted by atomic mass is 16.3. The van der Waals surface area contributed by atoms with Crippen LogP contribution in [0.25, 0.3) is 5.69 Å². The van der Waals surface area contributed by atoms with Gasteiger partial charge in [-0.25, -0.2) is 4.68 Å². The molecule has 0 amide bonds. The summed E-state index contributed by atoms with van der Waals surface area (Å²) in [6, 6.07) is 8.59. The zero-order valence-corrected chi connectivity index (χ0v) is 8.80. The maximum atomic E-state index is 9.21. The number of benzene rings is 1. The molecule has 2 rings (SSSR count). The fraction of sp³-hybridized carbons (Fsp3) is 0.182. The number of nitrogens with zero attached hydrogens (tertiary/aromatic N) is 2. The molecule has 0 atom stereocenters. The van der Waals surface area contributed by atoms with Crippen molar-refractivity contribution in [2.45, 2.75) is 6.42 Å². The molecule has 5 N–H and O–H groups in total. The molecule has 0 aliphatic heterocycles. The van der Waals surface area contributed by atoms with Gasteiger partial charge in [0.15, 0.2) is 0 Å². The lowest BCUT2D eigenvalue weighted by Crippen LogP contribution is -2.08. The molecule has 0 unspecified atom stereocenters. The minimum absolute atomic E-state index is 0.226. The lowest BCUT2D eigenvalue weighted by Gasteiger charge is -2.06. The Morgan fingerprint density at radius 2 is 1.94 bits per heavy atom. The number of nitrogen functional groups attached to an aromatic ring is 1. The van der Waals surface area contributed by atoms with Gasteiger partial charge in [-0.05, 0) is 30.8 Å². The number of anilines is 1. The van der Waals surface area contributed by atoms with Gasteiger partial charge >= 0.3 is 0 Å². The second-order valence-corrected chi connectivity index (χ2v) is 3.53. The Morgan fingerprint density at radius 1 is 1.25 bits per heavy atom. The monoisotopic (exact) mass is 218 g/mol. The quantitative estimate of drug-likeness (QED) is 0.706. The lowest BCUT2D eigenvalue weighted by atomic mass is 10.2. The van der Waals surface area contributed by atoms with Crippen molar-refractivity contribution >= 4 is 5.82 Å². The molecular formula is C11H14N4O. The molecule has 16 heavy (non-hydrogen) atoms. The highest BCUT2D eigenvalue weighted by Gasteiger charge is 2.06. The third kappa shape index (κ3) is 1.99. The van der Waals surface area contributed by atoms with Gasteiger partial charge < -0.3 is 16.6 Å². The fourth-order valence-corrected chi connectivity index (χ4v) is 1.58. The van der Waals surface area contributed by atoms with Crippen LogP contribution in [0.3, 0.4) is 0 Å². The van der Waals surface area contributed by atoms with Crippen molar-refractivity contribution in [1.29, 1.82) is 0 Å². The fourth-order valence-electron chi connectivity index (χ4n) is 1.58. The van der Waals surface area contributed by atoms with Crippen molar-refractivity contribution in [3.05, 3.63) is 36.0 Å². The van der Waals surface area contributed by atoms with E-state index in [-0.39, 0.29) is 5.75 Å². The van der Waals surface area contributed by atoms with Crippen LogP contribution in [0, 0.1) is 0 Å². The van der Waals surface area contributed by atoms with E-state index in [1.54, 1.807) is 35.0 Å². The molecule has 0 spiro atoms. The average molecular weight is 218 g/mol. The van der Waals surface area contributed by atoms with Crippen molar-refractivity contribution in [2.75, 3.05) is 12.3 Å². The molecule has 1 aromatic carbocycles. The molecule has 2 aromatic rings. The molecule has 0 fully saturated rings. The maximum absolute atomic E-state index is 9.21. The Kier molecular flexibility index (Phi) is 2.78. The van der Waals surface area contributed by atoms with E-state index in [0.29, 0.717) is 18.8 Å². The molecule has 1 aromatic heterocycles. The smallest absolute Gasteiger partial charge is 0.146 e. The van der Waals surface area contributed by atoms with Gasteiger partial charge in [0.25, 0.3) is 0 Å². The van der Waals surface area contributed by atoms with Crippen LogP contribution in [0.15, 0.2) is 30.3 Å².